The molecule has 0 saturated carbocycles. The van der Waals surface area contributed by atoms with Crippen LogP contribution in [0.1, 0.15) is 36.8 Å². The third kappa shape index (κ3) is 4.75. The highest BCUT2D eigenvalue weighted by Gasteiger charge is 2.11. The molecule has 2 aromatic heterocycles. The van der Waals surface area contributed by atoms with Crippen molar-refractivity contribution in [2.45, 2.75) is 32.9 Å². The Morgan fingerprint density at radius 2 is 2.07 bits per heavy atom. The van der Waals surface area contributed by atoms with Gasteiger partial charge < -0.3 is 14.7 Å². The number of nitrogens with one attached hydrogen (secondary N) is 1. The summed E-state index contributed by atoms with van der Waals surface area (Å²) in [5.74, 6) is 1.93. The zero-order valence-corrected chi connectivity index (χ0v) is 16.3. The van der Waals surface area contributed by atoms with E-state index in [9.17, 15) is 0 Å². The summed E-state index contributed by atoms with van der Waals surface area (Å²) in [7, 11) is 3.77. The van der Waals surface area contributed by atoms with Crippen molar-refractivity contribution in [3.8, 4) is 5.69 Å². The van der Waals surface area contributed by atoms with Gasteiger partial charge in [0.1, 0.15) is 0 Å². The van der Waals surface area contributed by atoms with Gasteiger partial charge >= 0.3 is 0 Å². The lowest BCUT2D eigenvalue weighted by molar-refractivity contribution is 0.369. The molecule has 0 radical (unpaired) electrons. The summed E-state index contributed by atoms with van der Waals surface area (Å²) in [4.78, 5) is 6.40. The molecule has 142 valence electrons. The minimum Gasteiger partial charge on any atom is -0.359 e. The van der Waals surface area contributed by atoms with Gasteiger partial charge in [0.25, 0.3) is 0 Å². The standard InChI is InChI=1S/C20H26N6O/c1-15(2)19-10-18(27-24-19)12-22-20(21-3)25(4)13-16-11-23-26(14-16)17-8-6-5-7-9-17/h5-11,14-15H,12-13H2,1-4H3,(H,21,22). The topological polar surface area (TPSA) is 71.5 Å². The van der Waals surface area contributed by atoms with Crippen LogP contribution in [-0.4, -0.2) is 39.9 Å². The maximum atomic E-state index is 5.37. The molecule has 7 heteroatoms. The number of aliphatic imine (C=N–C) groups is 1. The second-order valence-electron chi connectivity index (χ2n) is 6.76. The van der Waals surface area contributed by atoms with Gasteiger partial charge in [-0.15, -0.1) is 0 Å². The van der Waals surface area contributed by atoms with Gasteiger partial charge in [0.05, 0.1) is 24.1 Å². The van der Waals surface area contributed by atoms with Gasteiger partial charge in [-0.1, -0.05) is 37.2 Å². The highest BCUT2D eigenvalue weighted by atomic mass is 16.5. The van der Waals surface area contributed by atoms with Crippen molar-refractivity contribution < 1.29 is 4.52 Å². The fraction of sp³-hybridized carbons (Fsp3) is 0.350. The predicted molar refractivity (Wildman–Crippen MR) is 106 cm³/mol. The normalized spacial score (nSPS) is 11.8. The zero-order chi connectivity index (χ0) is 19.2. The van der Waals surface area contributed by atoms with Crippen LogP contribution in [0.5, 0.6) is 0 Å². The first kappa shape index (κ1) is 18.7. The summed E-state index contributed by atoms with van der Waals surface area (Å²) < 4.78 is 7.25. The number of guanidine groups is 1. The summed E-state index contributed by atoms with van der Waals surface area (Å²) in [6.07, 6.45) is 3.91. The van der Waals surface area contributed by atoms with E-state index in [1.54, 1.807) is 7.05 Å². The Kier molecular flexibility index (Phi) is 5.90. The molecule has 0 amide bonds. The van der Waals surface area contributed by atoms with Crippen molar-refractivity contribution in [2.75, 3.05) is 14.1 Å². The van der Waals surface area contributed by atoms with Crippen LogP contribution in [0.25, 0.3) is 5.69 Å². The fourth-order valence-corrected chi connectivity index (χ4v) is 2.75. The molecule has 0 aliphatic carbocycles. The number of hydrogen-bond acceptors (Lipinski definition) is 4. The highest BCUT2D eigenvalue weighted by molar-refractivity contribution is 5.79. The Hall–Kier alpha value is -3.09. The molecule has 0 bridgehead atoms. The van der Waals surface area contributed by atoms with Crippen molar-refractivity contribution in [1.29, 1.82) is 0 Å². The van der Waals surface area contributed by atoms with Gasteiger partial charge in [-0.05, 0) is 18.1 Å². The summed E-state index contributed by atoms with van der Waals surface area (Å²) >= 11 is 0. The van der Waals surface area contributed by atoms with Crippen LogP contribution in [0.3, 0.4) is 0 Å². The van der Waals surface area contributed by atoms with E-state index >= 15 is 0 Å². The number of nitrogens with zero attached hydrogens (tertiary/aromatic N) is 5. The van der Waals surface area contributed by atoms with E-state index in [4.69, 9.17) is 4.52 Å². The molecule has 3 aromatic rings. The first-order valence-corrected chi connectivity index (χ1v) is 9.03. The highest BCUT2D eigenvalue weighted by Crippen LogP contribution is 2.14. The van der Waals surface area contributed by atoms with E-state index in [0.29, 0.717) is 19.0 Å². The summed E-state index contributed by atoms with van der Waals surface area (Å²) in [5.41, 5.74) is 3.11. The first-order valence-electron chi connectivity index (χ1n) is 9.03. The van der Waals surface area contributed by atoms with Crippen molar-refractivity contribution in [2.24, 2.45) is 4.99 Å². The SMILES string of the molecule is CN=C(NCc1cc(C(C)C)no1)N(C)Cc1cnn(-c2ccccc2)c1. The van der Waals surface area contributed by atoms with Crippen LogP contribution < -0.4 is 5.32 Å². The predicted octanol–water partition coefficient (Wildman–Crippen LogP) is 3.19. The average molecular weight is 366 g/mol. The molecule has 0 atom stereocenters. The molecule has 1 aromatic carbocycles. The number of para-hydroxylation sites is 1. The monoisotopic (exact) mass is 366 g/mol. The van der Waals surface area contributed by atoms with Gasteiger partial charge in [-0.25, -0.2) is 4.68 Å². The van der Waals surface area contributed by atoms with Gasteiger partial charge in [0.2, 0.25) is 0 Å². The van der Waals surface area contributed by atoms with Gasteiger partial charge in [0.15, 0.2) is 11.7 Å². The minimum absolute atomic E-state index is 0.352. The largest absolute Gasteiger partial charge is 0.359 e. The number of rotatable bonds is 6. The molecule has 0 aliphatic rings. The smallest absolute Gasteiger partial charge is 0.194 e. The van der Waals surface area contributed by atoms with E-state index in [0.717, 1.165) is 28.7 Å². The molecule has 2 heterocycles. The van der Waals surface area contributed by atoms with Crippen LogP contribution >= 0.6 is 0 Å². The van der Waals surface area contributed by atoms with Crippen LogP contribution in [0.2, 0.25) is 0 Å². The average Bonchev–Trinajstić information content (AvgIpc) is 3.33. The molecule has 0 unspecified atom stereocenters. The van der Waals surface area contributed by atoms with Crippen molar-refractivity contribution in [3.05, 3.63) is 65.8 Å². The van der Waals surface area contributed by atoms with Crippen LogP contribution in [0.4, 0.5) is 0 Å². The Balaban J connectivity index is 1.58. The lowest BCUT2D eigenvalue weighted by Crippen LogP contribution is -2.37. The molecule has 0 saturated heterocycles. The molecule has 0 spiro atoms. The second-order valence-corrected chi connectivity index (χ2v) is 6.76. The van der Waals surface area contributed by atoms with Crippen LogP contribution in [-0.2, 0) is 13.1 Å². The lowest BCUT2D eigenvalue weighted by atomic mass is 10.1. The number of benzene rings is 1. The van der Waals surface area contributed by atoms with Crippen LogP contribution in [0.15, 0.2) is 58.3 Å². The second kappa shape index (κ2) is 8.53. The Bertz CT molecular complexity index is 881. The molecular weight excluding hydrogens is 340 g/mol. The maximum absolute atomic E-state index is 5.37. The third-order valence-corrected chi connectivity index (χ3v) is 4.24. The van der Waals surface area contributed by atoms with E-state index in [1.165, 1.54) is 0 Å². The lowest BCUT2D eigenvalue weighted by Gasteiger charge is -2.20. The van der Waals surface area contributed by atoms with E-state index in [2.05, 4.69) is 34.4 Å². The molecule has 0 aliphatic heterocycles. The van der Waals surface area contributed by atoms with Crippen LogP contribution in [0, 0.1) is 0 Å². The van der Waals surface area contributed by atoms with Crippen molar-refractivity contribution in [3.63, 3.8) is 0 Å². The zero-order valence-electron chi connectivity index (χ0n) is 16.3. The summed E-state index contributed by atoms with van der Waals surface area (Å²) in [6.45, 7) is 5.43. The molecule has 7 nitrogen and oxygen atoms in total. The van der Waals surface area contributed by atoms with Crippen molar-refractivity contribution >= 4 is 5.96 Å². The van der Waals surface area contributed by atoms with E-state index < -0.39 is 0 Å². The van der Waals surface area contributed by atoms with E-state index in [1.807, 2.05) is 65.4 Å². The maximum Gasteiger partial charge on any atom is 0.194 e. The van der Waals surface area contributed by atoms with Gasteiger partial charge in [0, 0.05) is 38.5 Å². The molecule has 3 rings (SSSR count). The molecule has 0 fully saturated rings. The molecule has 27 heavy (non-hydrogen) atoms. The minimum atomic E-state index is 0.352. The summed E-state index contributed by atoms with van der Waals surface area (Å²) in [5, 5.41) is 11.8. The molecular formula is C20H26N6O. The Morgan fingerprint density at radius 3 is 2.74 bits per heavy atom. The van der Waals surface area contributed by atoms with Gasteiger partial charge in [-0.3, -0.25) is 4.99 Å². The molecule has 1 N–H and O–H groups in total. The summed E-state index contributed by atoms with van der Waals surface area (Å²) in [6, 6.07) is 12.0. The third-order valence-electron chi connectivity index (χ3n) is 4.24. The number of hydrogen-bond donors (Lipinski definition) is 1. The van der Waals surface area contributed by atoms with Gasteiger partial charge in [-0.2, -0.15) is 5.10 Å². The van der Waals surface area contributed by atoms with Crippen molar-refractivity contribution in [1.82, 2.24) is 25.2 Å². The first-order chi connectivity index (χ1) is 13.1. The number of aromatic nitrogens is 3. The Morgan fingerprint density at radius 1 is 1.30 bits per heavy atom. The fourth-order valence-electron chi connectivity index (χ4n) is 2.75. The quantitative estimate of drug-likeness (QED) is 0.536. The Labute approximate surface area is 159 Å². The van der Waals surface area contributed by atoms with E-state index in [-0.39, 0.29) is 0 Å².